The molecule has 0 bridgehead atoms. The van der Waals surface area contributed by atoms with Crippen molar-refractivity contribution in [2.24, 2.45) is 0 Å². The Labute approximate surface area is 150 Å². The van der Waals surface area contributed by atoms with Gasteiger partial charge in [-0.2, -0.15) is 0 Å². The van der Waals surface area contributed by atoms with Gasteiger partial charge in [0.15, 0.2) is 0 Å². The van der Waals surface area contributed by atoms with Crippen molar-refractivity contribution in [3.63, 3.8) is 0 Å². The molecule has 2 aromatic rings. The molecular weight excluding hydrogens is 310 g/mol. The highest BCUT2D eigenvalue weighted by molar-refractivity contribution is 5.94. The summed E-state index contributed by atoms with van der Waals surface area (Å²) in [5.41, 5.74) is 4.89. The van der Waals surface area contributed by atoms with Crippen molar-refractivity contribution < 1.29 is 4.79 Å². The lowest BCUT2D eigenvalue weighted by molar-refractivity contribution is 0.0951. The highest BCUT2D eigenvalue weighted by Crippen LogP contribution is 2.20. The van der Waals surface area contributed by atoms with Gasteiger partial charge in [0, 0.05) is 38.3 Å². The molecule has 0 spiro atoms. The summed E-state index contributed by atoms with van der Waals surface area (Å²) in [5, 5.41) is 2.95. The molecule has 4 nitrogen and oxygen atoms in total. The van der Waals surface area contributed by atoms with Gasteiger partial charge in [-0.25, -0.2) is 0 Å². The average Bonchev–Trinajstić information content (AvgIpc) is 2.62. The van der Waals surface area contributed by atoms with Gasteiger partial charge in [-0.1, -0.05) is 36.4 Å². The first-order valence-electron chi connectivity index (χ1n) is 8.93. The van der Waals surface area contributed by atoms with Crippen molar-refractivity contribution >= 4 is 5.91 Å². The number of carbonyl (C=O) groups is 1. The summed E-state index contributed by atoms with van der Waals surface area (Å²) < 4.78 is 0. The molecule has 1 N–H and O–H groups in total. The molecule has 25 heavy (non-hydrogen) atoms. The van der Waals surface area contributed by atoms with Crippen LogP contribution in [0.5, 0.6) is 0 Å². The fourth-order valence-electron chi connectivity index (χ4n) is 3.20. The molecule has 0 saturated heterocycles. The predicted octanol–water partition coefficient (Wildman–Crippen LogP) is 2.54. The van der Waals surface area contributed by atoms with E-state index in [2.05, 4.69) is 51.5 Å². The third-order valence-corrected chi connectivity index (χ3v) is 4.68. The molecule has 0 radical (unpaired) electrons. The van der Waals surface area contributed by atoms with Crippen LogP contribution in [0.1, 0.15) is 27.0 Å². The van der Waals surface area contributed by atoms with E-state index in [9.17, 15) is 4.79 Å². The number of rotatable bonds is 6. The summed E-state index contributed by atoms with van der Waals surface area (Å²) in [4.78, 5) is 16.6. The monoisotopic (exact) mass is 337 g/mol. The Bertz CT molecular complexity index is 709. The van der Waals surface area contributed by atoms with Crippen LogP contribution >= 0.6 is 0 Å². The molecular formula is C21H27N3O. The van der Waals surface area contributed by atoms with E-state index in [1.807, 2.05) is 26.2 Å². The molecule has 2 aromatic carbocycles. The molecule has 1 heterocycles. The van der Waals surface area contributed by atoms with E-state index >= 15 is 0 Å². The molecule has 0 aromatic heterocycles. The summed E-state index contributed by atoms with van der Waals surface area (Å²) in [6.07, 6.45) is 1.11. The van der Waals surface area contributed by atoms with Crippen LogP contribution in [-0.2, 0) is 19.5 Å². The molecule has 0 saturated carbocycles. The van der Waals surface area contributed by atoms with Crippen LogP contribution in [0.3, 0.4) is 0 Å². The largest absolute Gasteiger partial charge is 0.351 e. The van der Waals surface area contributed by atoms with Crippen LogP contribution < -0.4 is 5.32 Å². The zero-order chi connectivity index (χ0) is 17.6. The first kappa shape index (κ1) is 17.6. The van der Waals surface area contributed by atoms with Gasteiger partial charge in [0.05, 0.1) is 0 Å². The molecule has 1 aliphatic rings. The summed E-state index contributed by atoms with van der Waals surface area (Å²) >= 11 is 0. The standard InChI is InChI=1S/C21H27N3O/c1-23(2)14-12-22-21(25)19-9-7-17(8-10-19)15-24-13-11-18-5-3-4-6-20(18)16-24/h3-10H,11-16H2,1-2H3,(H,22,25). The van der Waals surface area contributed by atoms with Crippen molar-refractivity contribution in [3.8, 4) is 0 Å². The number of carbonyl (C=O) groups excluding carboxylic acids is 1. The van der Waals surface area contributed by atoms with Crippen LogP contribution in [0.15, 0.2) is 48.5 Å². The van der Waals surface area contributed by atoms with Gasteiger partial charge in [-0.05, 0) is 49.3 Å². The molecule has 3 rings (SSSR count). The Morgan fingerprint density at radius 3 is 2.52 bits per heavy atom. The maximum atomic E-state index is 12.1. The second-order valence-corrected chi connectivity index (χ2v) is 6.99. The van der Waals surface area contributed by atoms with E-state index in [0.29, 0.717) is 6.54 Å². The Morgan fingerprint density at radius 1 is 1.08 bits per heavy atom. The van der Waals surface area contributed by atoms with Gasteiger partial charge < -0.3 is 10.2 Å². The van der Waals surface area contributed by atoms with Crippen LogP contribution in [0.2, 0.25) is 0 Å². The number of nitrogens with one attached hydrogen (secondary N) is 1. The molecule has 0 fully saturated rings. The summed E-state index contributed by atoms with van der Waals surface area (Å²) in [5.74, 6) is 0.000278. The van der Waals surface area contributed by atoms with Crippen LogP contribution in [0, 0.1) is 0 Å². The van der Waals surface area contributed by atoms with Gasteiger partial charge in [-0.15, -0.1) is 0 Å². The number of benzene rings is 2. The van der Waals surface area contributed by atoms with Crippen molar-refractivity contribution in [2.75, 3.05) is 33.7 Å². The number of amides is 1. The summed E-state index contributed by atoms with van der Waals surface area (Å²) in [6, 6.07) is 16.7. The minimum Gasteiger partial charge on any atom is -0.351 e. The smallest absolute Gasteiger partial charge is 0.251 e. The molecule has 0 atom stereocenters. The van der Waals surface area contributed by atoms with Gasteiger partial charge in [0.1, 0.15) is 0 Å². The zero-order valence-corrected chi connectivity index (χ0v) is 15.2. The lowest BCUT2D eigenvalue weighted by atomic mass is 9.99. The topological polar surface area (TPSA) is 35.6 Å². The van der Waals surface area contributed by atoms with Crippen LogP contribution in [0.4, 0.5) is 0 Å². The average molecular weight is 337 g/mol. The second-order valence-electron chi connectivity index (χ2n) is 6.99. The Hall–Kier alpha value is -2.17. The lowest BCUT2D eigenvalue weighted by Gasteiger charge is -2.28. The molecule has 1 aliphatic heterocycles. The predicted molar refractivity (Wildman–Crippen MR) is 102 cm³/mol. The van der Waals surface area contributed by atoms with E-state index in [1.165, 1.54) is 16.7 Å². The molecule has 0 unspecified atom stereocenters. The van der Waals surface area contributed by atoms with Gasteiger partial charge in [0.2, 0.25) is 0 Å². The van der Waals surface area contributed by atoms with E-state index in [0.717, 1.165) is 38.2 Å². The fraction of sp³-hybridized carbons (Fsp3) is 0.381. The Kier molecular flexibility index (Phi) is 5.84. The quantitative estimate of drug-likeness (QED) is 0.880. The van der Waals surface area contributed by atoms with Crippen molar-refractivity contribution in [1.82, 2.24) is 15.1 Å². The van der Waals surface area contributed by atoms with Gasteiger partial charge in [-0.3, -0.25) is 9.69 Å². The summed E-state index contributed by atoms with van der Waals surface area (Å²) in [6.45, 7) is 4.53. The number of fused-ring (bicyclic) bond motifs is 1. The third kappa shape index (κ3) is 4.91. The first-order valence-corrected chi connectivity index (χ1v) is 8.93. The maximum Gasteiger partial charge on any atom is 0.251 e. The van der Waals surface area contributed by atoms with E-state index in [4.69, 9.17) is 0 Å². The Balaban J connectivity index is 1.54. The lowest BCUT2D eigenvalue weighted by Crippen LogP contribution is -2.31. The van der Waals surface area contributed by atoms with Crippen molar-refractivity contribution in [1.29, 1.82) is 0 Å². The number of likely N-dealkylation sites (N-methyl/N-ethyl adjacent to an activating group) is 1. The summed E-state index contributed by atoms with van der Waals surface area (Å²) in [7, 11) is 4.00. The van der Waals surface area contributed by atoms with E-state index < -0.39 is 0 Å². The van der Waals surface area contributed by atoms with Crippen molar-refractivity contribution in [3.05, 3.63) is 70.8 Å². The highest BCUT2D eigenvalue weighted by atomic mass is 16.1. The fourth-order valence-corrected chi connectivity index (χ4v) is 3.20. The molecule has 4 heteroatoms. The minimum atomic E-state index is 0.000278. The van der Waals surface area contributed by atoms with Crippen LogP contribution in [-0.4, -0.2) is 49.4 Å². The van der Waals surface area contributed by atoms with Crippen molar-refractivity contribution in [2.45, 2.75) is 19.5 Å². The second kappa shape index (κ2) is 8.28. The van der Waals surface area contributed by atoms with Gasteiger partial charge >= 0.3 is 0 Å². The maximum absolute atomic E-state index is 12.1. The number of nitrogens with zero attached hydrogens (tertiary/aromatic N) is 2. The highest BCUT2D eigenvalue weighted by Gasteiger charge is 2.15. The number of hydrogen-bond donors (Lipinski definition) is 1. The minimum absolute atomic E-state index is 0.000278. The first-order chi connectivity index (χ1) is 12.1. The number of hydrogen-bond acceptors (Lipinski definition) is 3. The third-order valence-electron chi connectivity index (χ3n) is 4.68. The molecule has 132 valence electrons. The normalized spacial score (nSPS) is 14.4. The Morgan fingerprint density at radius 2 is 1.80 bits per heavy atom. The zero-order valence-electron chi connectivity index (χ0n) is 15.2. The van der Waals surface area contributed by atoms with E-state index in [-0.39, 0.29) is 5.91 Å². The molecule has 1 amide bonds. The van der Waals surface area contributed by atoms with Gasteiger partial charge in [0.25, 0.3) is 5.91 Å². The van der Waals surface area contributed by atoms with E-state index in [1.54, 1.807) is 0 Å². The van der Waals surface area contributed by atoms with Crippen LogP contribution in [0.25, 0.3) is 0 Å². The molecule has 0 aliphatic carbocycles. The SMILES string of the molecule is CN(C)CCNC(=O)c1ccc(CN2CCc3ccccc3C2)cc1.